The SMILES string of the molecule is COc1ccc(-c2ncnc3c2ncn3C(C)C)c(/C(F)=C/c2ccc(-c3ccccc3)cc2)c1. The molecule has 5 rings (SSSR count). The van der Waals surface area contributed by atoms with Crippen molar-refractivity contribution in [1.82, 2.24) is 19.5 Å². The number of fused-ring (bicyclic) bond motifs is 1. The molecule has 0 unspecified atom stereocenters. The van der Waals surface area contributed by atoms with Crippen LogP contribution in [0, 0.1) is 0 Å². The van der Waals surface area contributed by atoms with Crippen LogP contribution in [0.25, 0.3) is 45.5 Å². The van der Waals surface area contributed by atoms with Gasteiger partial charge < -0.3 is 9.30 Å². The molecule has 0 spiro atoms. The molecule has 2 heterocycles. The van der Waals surface area contributed by atoms with Gasteiger partial charge in [0.1, 0.15) is 29.1 Å². The molecule has 3 aromatic carbocycles. The predicted octanol–water partition coefficient (Wildman–Crippen LogP) is 7.22. The number of ether oxygens (including phenoxy) is 1. The first-order chi connectivity index (χ1) is 17.0. The number of aromatic nitrogens is 4. The highest BCUT2D eigenvalue weighted by Gasteiger charge is 2.18. The molecule has 0 aliphatic carbocycles. The van der Waals surface area contributed by atoms with E-state index >= 15 is 4.39 Å². The lowest BCUT2D eigenvalue weighted by Gasteiger charge is -2.11. The molecule has 5 nitrogen and oxygen atoms in total. The van der Waals surface area contributed by atoms with E-state index in [4.69, 9.17) is 4.74 Å². The Kier molecular flexibility index (Phi) is 6.10. The molecule has 0 saturated heterocycles. The van der Waals surface area contributed by atoms with E-state index in [1.165, 1.54) is 12.4 Å². The Morgan fingerprint density at radius 2 is 1.66 bits per heavy atom. The Bertz CT molecular complexity index is 1510. The first kappa shape index (κ1) is 22.5. The van der Waals surface area contributed by atoms with E-state index in [2.05, 4.69) is 40.9 Å². The van der Waals surface area contributed by atoms with Gasteiger partial charge in [0.2, 0.25) is 0 Å². The molecule has 0 bridgehead atoms. The molecule has 0 aliphatic heterocycles. The first-order valence-corrected chi connectivity index (χ1v) is 11.4. The Morgan fingerprint density at radius 1 is 0.914 bits per heavy atom. The van der Waals surface area contributed by atoms with E-state index in [0.717, 1.165) is 16.7 Å². The second-order valence-electron chi connectivity index (χ2n) is 8.53. The van der Waals surface area contributed by atoms with E-state index in [-0.39, 0.29) is 11.9 Å². The van der Waals surface area contributed by atoms with Gasteiger partial charge in [-0.1, -0.05) is 54.6 Å². The molecular weight excluding hydrogens is 439 g/mol. The molecule has 0 atom stereocenters. The molecule has 2 aromatic heterocycles. The summed E-state index contributed by atoms with van der Waals surface area (Å²) in [5.74, 6) is 0.172. The molecule has 0 amide bonds. The third-order valence-electron chi connectivity index (χ3n) is 5.97. The molecule has 0 fully saturated rings. The Hall–Kier alpha value is -4.32. The van der Waals surface area contributed by atoms with Crippen LogP contribution in [0.2, 0.25) is 0 Å². The minimum atomic E-state index is -0.388. The van der Waals surface area contributed by atoms with Crippen molar-refractivity contribution in [3.05, 3.63) is 96.6 Å². The minimum Gasteiger partial charge on any atom is -0.497 e. The summed E-state index contributed by atoms with van der Waals surface area (Å²) in [6.45, 7) is 4.13. The van der Waals surface area contributed by atoms with Gasteiger partial charge in [0.25, 0.3) is 0 Å². The normalized spacial score (nSPS) is 11.9. The molecule has 0 aliphatic rings. The number of rotatable bonds is 6. The van der Waals surface area contributed by atoms with Crippen molar-refractivity contribution in [2.75, 3.05) is 7.11 Å². The summed E-state index contributed by atoms with van der Waals surface area (Å²) in [5, 5.41) is 0. The van der Waals surface area contributed by atoms with E-state index in [1.54, 1.807) is 25.6 Å². The van der Waals surface area contributed by atoms with Gasteiger partial charge in [-0.2, -0.15) is 0 Å². The standard InChI is InChI=1S/C29H25FN4O/c1-19(2)34-18-33-28-27(31-17-32-29(28)34)24-14-13-23(35-3)16-25(24)26(30)15-20-9-11-22(12-10-20)21-7-5-4-6-8-21/h4-19H,1-3H3/b26-15-. The smallest absolute Gasteiger partial charge is 0.164 e. The fourth-order valence-corrected chi connectivity index (χ4v) is 4.11. The summed E-state index contributed by atoms with van der Waals surface area (Å²) in [5.41, 5.74) is 5.89. The van der Waals surface area contributed by atoms with Gasteiger partial charge in [-0.25, -0.2) is 19.3 Å². The summed E-state index contributed by atoms with van der Waals surface area (Å²) in [6.07, 6.45) is 4.77. The van der Waals surface area contributed by atoms with Gasteiger partial charge in [-0.15, -0.1) is 0 Å². The average molecular weight is 465 g/mol. The van der Waals surface area contributed by atoms with Crippen LogP contribution in [0.5, 0.6) is 5.75 Å². The highest BCUT2D eigenvalue weighted by Crippen LogP contribution is 2.36. The van der Waals surface area contributed by atoms with Crippen molar-refractivity contribution in [2.45, 2.75) is 19.9 Å². The van der Waals surface area contributed by atoms with Crippen LogP contribution in [0.1, 0.15) is 31.0 Å². The molecule has 6 heteroatoms. The van der Waals surface area contributed by atoms with E-state index < -0.39 is 0 Å². The number of benzene rings is 3. The van der Waals surface area contributed by atoms with Crippen molar-refractivity contribution in [2.24, 2.45) is 0 Å². The van der Waals surface area contributed by atoms with Gasteiger partial charge in [0, 0.05) is 17.2 Å². The van der Waals surface area contributed by atoms with Crippen molar-refractivity contribution < 1.29 is 9.13 Å². The number of imidazole rings is 1. The maximum atomic E-state index is 15.8. The maximum Gasteiger partial charge on any atom is 0.164 e. The highest BCUT2D eigenvalue weighted by atomic mass is 19.1. The zero-order valence-electron chi connectivity index (χ0n) is 19.8. The Morgan fingerprint density at radius 3 is 2.37 bits per heavy atom. The van der Waals surface area contributed by atoms with E-state index in [1.807, 2.05) is 53.1 Å². The van der Waals surface area contributed by atoms with Crippen molar-refractivity contribution in [3.8, 4) is 28.1 Å². The third-order valence-corrected chi connectivity index (χ3v) is 5.97. The Balaban J connectivity index is 1.58. The van der Waals surface area contributed by atoms with Crippen LogP contribution >= 0.6 is 0 Å². The second-order valence-corrected chi connectivity index (χ2v) is 8.53. The largest absolute Gasteiger partial charge is 0.497 e. The van der Waals surface area contributed by atoms with Gasteiger partial charge in [-0.3, -0.25) is 0 Å². The van der Waals surface area contributed by atoms with Crippen LogP contribution in [0.3, 0.4) is 0 Å². The summed E-state index contributed by atoms with van der Waals surface area (Å²) < 4.78 is 23.1. The highest BCUT2D eigenvalue weighted by molar-refractivity contribution is 5.93. The van der Waals surface area contributed by atoms with Gasteiger partial charge >= 0.3 is 0 Å². The number of halogens is 1. The van der Waals surface area contributed by atoms with Gasteiger partial charge in [-0.05, 0) is 54.8 Å². The van der Waals surface area contributed by atoms with Gasteiger partial charge in [0.05, 0.1) is 13.4 Å². The third kappa shape index (κ3) is 4.43. The van der Waals surface area contributed by atoms with Crippen LogP contribution < -0.4 is 4.74 Å². The summed E-state index contributed by atoms with van der Waals surface area (Å²) in [7, 11) is 1.57. The summed E-state index contributed by atoms with van der Waals surface area (Å²) in [6, 6.07) is 23.4. The maximum absolute atomic E-state index is 15.8. The van der Waals surface area contributed by atoms with Crippen LogP contribution in [-0.4, -0.2) is 26.6 Å². The van der Waals surface area contributed by atoms with E-state index in [0.29, 0.717) is 33.7 Å². The van der Waals surface area contributed by atoms with Crippen molar-refractivity contribution in [3.63, 3.8) is 0 Å². The molecule has 0 saturated carbocycles. The zero-order valence-corrected chi connectivity index (χ0v) is 19.8. The van der Waals surface area contributed by atoms with Crippen LogP contribution in [-0.2, 0) is 0 Å². The van der Waals surface area contributed by atoms with Gasteiger partial charge in [0.15, 0.2) is 5.65 Å². The zero-order chi connectivity index (χ0) is 24.4. The number of hydrogen-bond acceptors (Lipinski definition) is 4. The molecule has 174 valence electrons. The van der Waals surface area contributed by atoms with Crippen molar-refractivity contribution >= 4 is 23.1 Å². The van der Waals surface area contributed by atoms with E-state index in [9.17, 15) is 0 Å². The second kappa shape index (κ2) is 9.50. The number of nitrogens with zero attached hydrogens (tertiary/aromatic N) is 4. The fraction of sp³-hybridized carbons (Fsp3) is 0.138. The summed E-state index contributed by atoms with van der Waals surface area (Å²) >= 11 is 0. The monoisotopic (exact) mass is 464 g/mol. The number of methoxy groups -OCH3 is 1. The molecule has 35 heavy (non-hydrogen) atoms. The minimum absolute atomic E-state index is 0.188. The molecule has 0 N–H and O–H groups in total. The molecule has 5 aromatic rings. The molecule has 0 radical (unpaired) electrons. The lowest BCUT2D eigenvalue weighted by molar-refractivity contribution is 0.414. The summed E-state index contributed by atoms with van der Waals surface area (Å²) in [4.78, 5) is 13.4. The first-order valence-electron chi connectivity index (χ1n) is 11.4. The average Bonchev–Trinajstić information content (AvgIpc) is 3.34. The van der Waals surface area contributed by atoms with Crippen LogP contribution in [0.15, 0.2) is 85.5 Å². The fourth-order valence-electron chi connectivity index (χ4n) is 4.11. The Labute approximate surface area is 203 Å². The topological polar surface area (TPSA) is 52.8 Å². The number of hydrogen-bond donors (Lipinski definition) is 0. The van der Waals surface area contributed by atoms with Crippen molar-refractivity contribution in [1.29, 1.82) is 0 Å². The van der Waals surface area contributed by atoms with Crippen LogP contribution in [0.4, 0.5) is 4.39 Å². The predicted molar refractivity (Wildman–Crippen MR) is 139 cm³/mol. The molecular formula is C29H25FN4O. The lowest BCUT2D eigenvalue weighted by atomic mass is 10.00. The lowest BCUT2D eigenvalue weighted by Crippen LogP contribution is -2.00. The quantitative estimate of drug-likeness (QED) is 0.249.